The van der Waals surface area contributed by atoms with Gasteiger partial charge in [0.05, 0.1) is 0 Å². The molecule has 0 heterocycles. The van der Waals surface area contributed by atoms with Gasteiger partial charge in [-0.1, -0.05) is 29.8 Å². The summed E-state index contributed by atoms with van der Waals surface area (Å²) in [7, 11) is 1.78. The summed E-state index contributed by atoms with van der Waals surface area (Å²) in [4.78, 5) is 4.19. The lowest BCUT2D eigenvalue weighted by molar-refractivity contribution is 0.649. The zero-order valence-corrected chi connectivity index (χ0v) is 12.0. The van der Waals surface area contributed by atoms with Crippen LogP contribution in [0.4, 0.5) is 0 Å². The number of aliphatic imine (C=N–C) groups is 1. The van der Waals surface area contributed by atoms with Gasteiger partial charge in [0, 0.05) is 30.6 Å². The molecule has 2 rings (SSSR count). The number of halogens is 1. The van der Waals surface area contributed by atoms with Gasteiger partial charge in [-0.3, -0.25) is 4.99 Å². The first-order chi connectivity index (χ1) is 9.20. The highest BCUT2D eigenvalue weighted by Crippen LogP contribution is 2.48. The predicted octanol–water partition coefficient (Wildman–Crippen LogP) is 2.72. The van der Waals surface area contributed by atoms with Crippen LogP contribution in [0.1, 0.15) is 18.4 Å². The standard InChI is InChI=1S/C15H20ClN3/c1-3-9-18-14(17-2)19-11-15(7-8-15)12-5-4-6-13(16)10-12/h3-6,10H,1,7-9,11H2,2H3,(H2,17,18,19). The van der Waals surface area contributed by atoms with Gasteiger partial charge in [0.25, 0.3) is 0 Å². The van der Waals surface area contributed by atoms with Crippen molar-refractivity contribution in [1.82, 2.24) is 10.6 Å². The summed E-state index contributed by atoms with van der Waals surface area (Å²) >= 11 is 6.07. The van der Waals surface area contributed by atoms with E-state index in [-0.39, 0.29) is 5.41 Å². The molecule has 1 aliphatic rings. The summed E-state index contributed by atoms with van der Waals surface area (Å²) < 4.78 is 0. The molecule has 4 heteroatoms. The van der Waals surface area contributed by atoms with Gasteiger partial charge in [0.15, 0.2) is 5.96 Å². The lowest BCUT2D eigenvalue weighted by Gasteiger charge is -2.19. The van der Waals surface area contributed by atoms with E-state index in [9.17, 15) is 0 Å². The minimum Gasteiger partial charge on any atom is -0.356 e. The molecule has 0 aromatic heterocycles. The van der Waals surface area contributed by atoms with Gasteiger partial charge in [0.2, 0.25) is 0 Å². The number of hydrogen-bond acceptors (Lipinski definition) is 1. The van der Waals surface area contributed by atoms with Crippen LogP contribution in [0.2, 0.25) is 5.02 Å². The first-order valence-electron chi connectivity index (χ1n) is 6.52. The van der Waals surface area contributed by atoms with Crippen LogP contribution in [0.15, 0.2) is 41.9 Å². The molecule has 0 bridgehead atoms. The van der Waals surface area contributed by atoms with Crippen LogP contribution in [0.3, 0.4) is 0 Å². The van der Waals surface area contributed by atoms with Gasteiger partial charge >= 0.3 is 0 Å². The summed E-state index contributed by atoms with van der Waals surface area (Å²) in [5.74, 6) is 0.813. The summed E-state index contributed by atoms with van der Waals surface area (Å²) in [5, 5.41) is 7.35. The zero-order valence-electron chi connectivity index (χ0n) is 11.2. The Balaban J connectivity index is 1.97. The van der Waals surface area contributed by atoms with Crippen molar-refractivity contribution in [3.8, 4) is 0 Å². The number of hydrogen-bond donors (Lipinski definition) is 2. The molecule has 1 aromatic rings. The largest absolute Gasteiger partial charge is 0.356 e. The molecule has 0 atom stereocenters. The molecular weight excluding hydrogens is 258 g/mol. The second kappa shape index (κ2) is 6.11. The molecule has 0 spiro atoms. The second-order valence-electron chi connectivity index (χ2n) is 4.89. The molecule has 0 radical (unpaired) electrons. The summed E-state index contributed by atoms with van der Waals surface area (Å²) in [6, 6.07) is 8.15. The monoisotopic (exact) mass is 277 g/mol. The quantitative estimate of drug-likeness (QED) is 0.493. The van der Waals surface area contributed by atoms with Crippen LogP contribution in [-0.4, -0.2) is 26.1 Å². The van der Waals surface area contributed by atoms with Crippen molar-refractivity contribution in [3.05, 3.63) is 47.5 Å². The maximum atomic E-state index is 6.07. The maximum Gasteiger partial charge on any atom is 0.191 e. The van der Waals surface area contributed by atoms with Crippen molar-refractivity contribution in [2.45, 2.75) is 18.3 Å². The molecule has 2 N–H and O–H groups in total. The van der Waals surface area contributed by atoms with E-state index in [1.807, 2.05) is 18.2 Å². The Kier molecular flexibility index (Phi) is 4.48. The molecule has 0 saturated heterocycles. The fourth-order valence-electron chi connectivity index (χ4n) is 2.18. The molecule has 1 fully saturated rings. The SMILES string of the molecule is C=CCNC(=NC)NCC1(c2cccc(Cl)c2)CC1. The molecule has 19 heavy (non-hydrogen) atoms. The average molecular weight is 278 g/mol. The normalized spacial score (nSPS) is 16.8. The fourth-order valence-corrected chi connectivity index (χ4v) is 2.37. The van der Waals surface area contributed by atoms with Crippen LogP contribution in [0, 0.1) is 0 Å². The van der Waals surface area contributed by atoms with Crippen LogP contribution in [0.25, 0.3) is 0 Å². The molecule has 0 aliphatic heterocycles. The Hall–Kier alpha value is -1.48. The van der Waals surface area contributed by atoms with E-state index in [0.717, 1.165) is 17.5 Å². The van der Waals surface area contributed by atoms with Gasteiger partial charge in [0.1, 0.15) is 0 Å². The molecular formula is C15H20ClN3. The van der Waals surface area contributed by atoms with Crippen LogP contribution in [0.5, 0.6) is 0 Å². The molecule has 1 saturated carbocycles. The Morgan fingerprint density at radius 3 is 2.84 bits per heavy atom. The molecule has 0 unspecified atom stereocenters. The first-order valence-corrected chi connectivity index (χ1v) is 6.89. The summed E-state index contributed by atoms with van der Waals surface area (Å²) in [6.45, 7) is 5.28. The van der Waals surface area contributed by atoms with Crippen LogP contribution < -0.4 is 10.6 Å². The van der Waals surface area contributed by atoms with Gasteiger partial charge < -0.3 is 10.6 Å². The minimum absolute atomic E-state index is 0.219. The molecule has 0 amide bonds. The van der Waals surface area contributed by atoms with Gasteiger partial charge in [-0.15, -0.1) is 6.58 Å². The van der Waals surface area contributed by atoms with E-state index < -0.39 is 0 Å². The van der Waals surface area contributed by atoms with Crippen molar-refractivity contribution in [2.75, 3.05) is 20.1 Å². The first kappa shape index (κ1) is 13.9. The highest BCUT2D eigenvalue weighted by Gasteiger charge is 2.44. The van der Waals surface area contributed by atoms with Gasteiger partial charge in [-0.05, 0) is 30.5 Å². The Morgan fingerprint density at radius 2 is 2.26 bits per heavy atom. The third-order valence-corrected chi connectivity index (χ3v) is 3.76. The van der Waals surface area contributed by atoms with Gasteiger partial charge in [-0.25, -0.2) is 0 Å². The van der Waals surface area contributed by atoms with E-state index in [0.29, 0.717) is 6.54 Å². The molecule has 3 nitrogen and oxygen atoms in total. The van der Waals surface area contributed by atoms with Crippen LogP contribution in [-0.2, 0) is 5.41 Å². The number of rotatable bonds is 5. The third-order valence-electron chi connectivity index (χ3n) is 3.52. The summed E-state index contributed by atoms with van der Waals surface area (Å²) in [5.41, 5.74) is 1.53. The predicted molar refractivity (Wildman–Crippen MR) is 81.9 cm³/mol. The highest BCUT2D eigenvalue weighted by atomic mass is 35.5. The highest BCUT2D eigenvalue weighted by molar-refractivity contribution is 6.30. The second-order valence-corrected chi connectivity index (χ2v) is 5.32. The number of nitrogens with zero attached hydrogens (tertiary/aromatic N) is 1. The Morgan fingerprint density at radius 1 is 1.47 bits per heavy atom. The molecule has 1 aromatic carbocycles. The van der Waals surface area contributed by atoms with E-state index in [2.05, 4.69) is 34.3 Å². The van der Waals surface area contributed by atoms with Crippen molar-refractivity contribution >= 4 is 17.6 Å². The van der Waals surface area contributed by atoms with Crippen molar-refractivity contribution in [2.24, 2.45) is 4.99 Å². The Labute approximate surface area is 119 Å². The number of nitrogens with one attached hydrogen (secondary N) is 2. The smallest absolute Gasteiger partial charge is 0.191 e. The van der Waals surface area contributed by atoms with Crippen molar-refractivity contribution in [1.29, 1.82) is 0 Å². The summed E-state index contributed by atoms with van der Waals surface area (Å²) in [6.07, 6.45) is 4.20. The van der Waals surface area contributed by atoms with Crippen molar-refractivity contribution in [3.63, 3.8) is 0 Å². The van der Waals surface area contributed by atoms with Gasteiger partial charge in [-0.2, -0.15) is 0 Å². The lowest BCUT2D eigenvalue weighted by Crippen LogP contribution is -2.41. The Bertz CT molecular complexity index is 478. The zero-order chi connectivity index (χ0) is 13.7. The molecule has 1 aliphatic carbocycles. The van der Waals surface area contributed by atoms with E-state index in [1.165, 1.54) is 18.4 Å². The maximum absolute atomic E-state index is 6.07. The van der Waals surface area contributed by atoms with Crippen molar-refractivity contribution < 1.29 is 0 Å². The molecule has 102 valence electrons. The lowest BCUT2D eigenvalue weighted by atomic mass is 9.96. The average Bonchev–Trinajstić information content (AvgIpc) is 3.20. The fraction of sp³-hybridized carbons (Fsp3) is 0.400. The topological polar surface area (TPSA) is 36.4 Å². The minimum atomic E-state index is 0.219. The van der Waals surface area contributed by atoms with E-state index in [4.69, 9.17) is 11.6 Å². The van der Waals surface area contributed by atoms with E-state index in [1.54, 1.807) is 7.05 Å². The van der Waals surface area contributed by atoms with Crippen LogP contribution >= 0.6 is 11.6 Å². The number of guanidine groups is 1. The third kappa shape index (κ3) is 3.51. The van der Waals surface area contributed by atoms with E-state index >= 15 is 0 Å². The number of benzene rings is 1.